The van der Waals surface area contributed by atoms with E-state index in [0.717, 1.165) is 26.2 Å². The van der Waals surface area contributed by atoms with Crippen LogP contribution in [0.1, 0.15) is 56.2 Å². The summed E-state index contributed by atoms with van der Waals surface area (Å²) in [5, 5.41) is 3.40. The minimum atomic E-state index is 0.229. The molecule has 2 rings (SSSR count). The van der Waals surface area contributed by atoms with E-state index in [0.29, 0.717) is 12.3 Å². The Labute approximate surface area is 132 Å². The smallest absolute Gasteiger partial charge is 0.223 e. The number of hydrogen-bond donors (Lipinski definition) is 1. The summed E-state index contributed by atoms with van der Waals surface area (Å²) in [4.78, 5) is 16.8. The second-order valence-electron chi connectivity index (χ2n) is 6.88. The van der Waals surface area contributed by atoms with Crippen molar-refractivity contribution in [1.29, 1.82) is 0 Å². The summed E-state index contributed by atoms with van der Waals surface area (Å²) in [5.74, 6) is 0.309. The minimum absolute atomic E-state index is 0.229. The quantitative estimate of drug-likeness (QED) is 0.844. The van der Waals surface area contributed by atoms with E-state index in [2.05, 4.69) is 38.2 Å². The van der Waals surface area contributed by atoms with Gasteiger partial charge in [0, 0.05) is 42.4 Å². The maximum Gasteiger partial charge on any atom is 0.223 e. The number of hydrogen-bond acceptors (Lipinski definition) is 3. The molecule has 3 nitrogen and oxygen atoms in total. The minimum Gasteiger partial charge on any atom is -0.343 e. The van der Waals surface area contributed by atoms with Gasteiger partial charge >= 0.3 is 0 Å². The van der Waals surface area contributed by atoms with Crippen molar-refractivity contribution in [3.05, 3.63) is 21.9 Å². The Hall–Kier alpha value is -0.870. The molecule has 0 aromatic carbocycles. The van der Waals surface area contributed by atoms with Gasteiger partial charge in [0.1, 0.15) is 0 Å². The number of piperidine rings is 1. The maximum atomic E-state index is 12.0. The predicted molar refractivity (Wildman–Crippen MR) is 89.8 cm³/mol. The molecule has 1 aliphatic rings. The van der Waals surface area contributed by atoms with Crippen molar-refractivity contribution in [3.8, 4) is 0 Å². The van der Waals surface area contributed by atoms with E-state index < -0.39 is 0 Å². The standard InChI is InChI=1S/C17H28N2OS/c1-17(2,3)15-8-7-14(21-15)13-18-10-9-16(20)19-11-5-4-6-12-19/h7-8,18H,4-6,9-13H2,1-3H3. The molecule has 1 aromatic heterocycles. The topological polar surface area (TPSA) is 32.3 Å². The largest absolute Gasteiger partial charge is 0.343 e. The van der Waals surface area contributed by atoms with Gasteiger partial charge < -0.3 is 10.2 Å². The predicted octanol–water partition coefficient (Wildman–Crippen LogP) is 3.54. The van der Waals surface area contributed by atoms with Gasteiger partial charge in [-0.15, -0.1) is 11.3 Å². The first kappa shape index (κ1) is 16.5. The molecular weight excluding hydrogens is 280 g/mol. The molecular formula is C17H28N2OS. The molecule has 0 spiro atoms. The monoisotopic (exact) mass is 308 g/mol. The maximum absolute atomic E-state index is 12.0. The number of rotatable bonds is 5. The van der Waals surface area contributed by atoms with Gasteiger partial charge in [0.05, 0.1) is 0 Å². The molecule has 2 heterocycles. The van der Waals surface area contributed by atoms with Gasteiger partial charge in [-0.2, -0.15) is 0 Å². The lowest BCUT2D eigenvalue weighted by Crippen LogP contribution is -2.37. The molecule has 0 saturated carbocycles. The Morgan fingerprint density at radius 1 is 1.24 bits per heavy atom. The summed E-state index contributed by atoms with van der Waals surface area (Å²) < 4.78 is 0. The highest BCUT2D eigenvalue weighted by molar-refractivity contribution is 7.12. The highest BCUT2D eigenvalue weighted by atomic mass is 32.1. The molecule has 1 aromatic rings. The Bertz CT molecular complexity index is 456. The lowest BCUT2D eigenvalue weighted by atomic mass is 9.95. The van der Waals surface area contributed by atoms with Crippen LogP contribution in [0, 0.1) is 0 Å². The van der Waals surface area contributed by atoms with Crippen LogP contribution in [0.15, 0.2) is 12.1 Å². The summed E-state index contributed by atoms with van der Waals surface area (Å²) >= 11 is 1.87. The molecule has 1 amide bonds. The van der Waals surface area contributed by atoms with Crippen molar-refractivity contribution >= 4 is 17.2 Å². The van der Waals surface area contributed by atoms with Gasteiger partial charge in [0.15, 0.2) is 0 Å². The van der Waals surface area contributed by atoms with Crippen molar-refractivity contribution in [2.24, 2.45) is 0 Å². The summed E-state index contributed by atoms with van der Waals surface area (Å²) in [6, 6.07) is 4.42. The van der Waals surface area contributed by atoms with Crippen LogP contribution in [-0.2, 0) is 16.8 Å². The van der Waals surface area contributed by atoms with Gasteiger partial charge in [0.2, 0.25) is 5.91 Å². The SMILES string of the molecule is CC(C)(C)c1ccc(CNCCC(=O)N2CCCCC2)s1. The van der Waals surface area contributed by atoms with E-state index in [9.17, 15) is 4.79 Å². The zero-order valence-corrected chi connectivity index (χ0v) is 14.4. The molecule has 118 valence electrons. The average Bonchev–Trinajstić information content (AvgIpc) is 2.93. The lowest BCUT2D eigenvalue weighted by Gasteiger charge is -2.26. The van der Waals surface area contributed by atoms with Crippen LogP contribution in [0.3, 0.4) is 0 Å². The van der Waals surface area contributed by atoms with Gasteiger partial charge in [-0.3, -0.25) is 4.79 Å². The fourth-order valence-corrected chi connectivity index (χ4v) is 3.62. The van der Waals surface area contributed by atoms with E-state index in [1.165, 1.54) is 29.0 Å². The molecule has 0 aliphatic carbocycles. The highest BCUT2D eigenvalue weighted by Crippen LogP contribution is 2.29. The molecule has 1 aliphatic heterocycles. The van der Waals surface area contributed by atoms with Crippen LogP contribution < -0.4 is 5.32 Å². The van der Waals surface area contributed by atoms with Crippen molar-refractivity contribution in [1.82, 2.24) is 10.2 Å². The lowest BCUT2D eigenvalue weighted by molar-refractivity contribution is -0.131. The molecule has 0 bridgehead atoms. The fraction of sp³-hybridized carbons (Fsp3) is 0.706. The molecule has 1 N–H and O–H groups in total. The first-order valence-corrected chi connectivity index (χ1v) is 8.86. The molecule has 1 saturated heterocycles. The van der Waals surface area contributed by atoms with Crippen LogP contribution in [0.2, 0.25) is 0 Å². The summed E-state index contributed by atoms with van der Waals surface area (Å²) in [7, 11) is 0. The van der Waals surface area contributed by atoms with Gasteiger partial charge in [-0.1, -0.05) is 20.8 Å². The van der Waals surface area contributed by atoms with E-state index in [4.69, 9.17) is 0 Å². The summed E-state index contributed by atoms with van der Waals surface area (Å²) in [6.45, 7) is 10.3. The third-order valence-corrected chi connectivity index (χ3v) is 5.44. The number of carbonyl (C=O) groups excluding carboxylic acids is 1. The first-order chi connectivity index (χ1) is 9.97. The molecule has 0 unspecified atom stereocenters. The zero-order chi connectivity index (χ0) is 15.3. The van der Waals surface area contributed by atoms with Crippen LogP contribution >= 0.6 is 11.3 Å². The second kappa shape index (κ2) is 7.41. The van der Waals surface area contributed by atoms with Crippen LogP contribution in [0.25, 0.3) is 0 Å². The number of nitrogens with zero attached hydrogens (tertiary/aromatic N) is 1. The number of carbonyl (C=O) groups is 1. The van der Waals surface area contributed by atoms with E-state index in [-0.39, 0.29) is 5.41 Å². The second-order valence-corrected chi connectivity index (χ2v) is 8.05. The number of nitrogens with one attached hydrogen (secondary N) is 1. The van der Waals surface area contributed by atoms with Crippen molar-refractivity contribution in [3.63, 3.8) is 0 Å². The highest BCUT2D eigenvalue weighted by Gasteiger charge is 2.17. The molecule has 21 heavy (non-hydrogen) atoms. The molecule has 1 fully saturated rings. The normalized spacial score (nSPS) is 16.2. The van der Waals surface area contributed by atoms with Crippen molar-refractivity contribution < 1.29 is 4.79 Å². The summed E-state index contributed by atoms with van der Waals surface area (Å²) in [6.07, 6.45) is 4.24. The van der Waals surface area contributed by atoms with E-state index >= 15 is 0 Å². The first-order valence-electron chi connectivity index (χ1n) is 8.04. The van der Waals surface area contributed by atoms with Gasteiger partial charge in [-0.05, 0) is 36.8 Å². The van der Waals surface area contributed by atoms with Gasteiger partial charge in [0.25, 0.3) is 0 Å². The average molecular weight is 308 g/mol. The van der Waals surface area contributed by atoms with Crippen molar-refractivity contribution in [2.75, 3.05) is 19.6 Å². The van der Waals surface area contributed by atoms with Gasteiger partial charge in [-0.25, -0.2) is 0 Å². The van der Waals surface area contributed by atoms with E-state index in [1.54, 1.807) is 0 Å². The molecule has 0 radical (unpaired) electrons. The Morgan fingerprint density at radius 3 is 2.57 bits per heavy atom. The number of likely N-dealkylation sites (tertiary alicyclic amines) is 1. The number of amides is 1. The number of thiophene rings is 1. The Kier molecular flexibility index (Phi) is 5.82. The van der Waals surface area contributed by atoms with Crippen LogP contribution in [0.4, 0.5) is 0 Å². The molecule has 0 atom stereocenters. The Balaban J connectivity index is 1.67. The van der Waals surface area contributed by atoms with Crippen molar-refractivity contribution in [2.45, 2.75) is 58.4 Å². The third-order valence-electron chi connectivity index (χ3n) is 3.92. The Morgan fingerprint density at radius 2 is 1.95 bits per heavy atom. The fourth-order valence-electron chi connectivity index (χ4n) is 2.58. The summed E-state index contributed by atoms with van der Waals surface area (Å²) in [5.41, 5.74) is 0.229. The van der Waals surface area contributed by atoms with Crippen LogP contribution in [0.5, 0.6) is 0 Å². The third kappa shape index (κ3) is 5.11. The zero-order valence-electron chi connectivity index (χ0n) is 13.6. The van der Waals surface area contributed by atoms with Crippen LogP contribution in [-0.4, -0.2) is 30.4 Å². The van der Waals surface area contributed by atoms with E-state index in [1.807, 2.05) is 16.2 Å². The molecule has 4 heteroatoms.